The molecule has 0 saturated heterocycles. The predicted molar refractivity (Wildman–Crippen MR) is 58.5 cm³/mol. The highest BCUT2D eigenvalue weighted by atomic mass is 16.5. The zero-order chi connectivity index (χ0) is 10.7. The molecule has 0 bridgehead atoms. The molecule has 2 aromatic rings. The van der Waals surface area contributed by atoms with E-state index < -0.39 is 0 Å². The van der Waals surface area contributed by atoms with Gasteiger partial charge in [0.15, 0.2) is 0 Å². The summed E-state index contributed by atoms with van der Waals surface area (Å²) < 4.78 is 7.13. The van der Waals surface area contributed by atoms with Crippen molar-refractivity contribution in [1.82, 2.24) is 4.57 Å². The molecule has 3 heteroatoms. The molecular weight excluding hydrogens is 188 g/mol. The standard InChI is InChI=1S/C12H12N2O/c1-15-7-6-14-5-4-11-3-2-10(9-13)8-12(11)14/h2-5,8H,6-7H2,1H3. The monoisotopic (exact) mass is 200 g/mol. The van der Waals surface area contributed by atoms with Crippen molar-refractivity contribution in [1.29, 1.82) is 5.26 Å². The second-order valence-electron chi connectivity index (χ2n) is 3.39. The van der Waals surface area contributed by atoms with Crippen molar-refractivity contribution < 1.29 is 4.74 Å². The lowest BCUT2D eigenvalue weighted by molar-refractivity contribution is 0.188. The molecule has 0 N–H and O–H groups in total. The fourth-order valence-corrected chi connectivity index (χ4v) is 1.64. The Morgan fingerprint density at radius 3 is 3.00 bits per heavy atom. The molecule has 0 aliphatic heterocycles. The van der Waals surface area contributed by atoms with Gasteiger partial charge in [-0.05, 0) is 23.6 Å². The van der Waals surface area contributed by atoms with Gasteiger partial charge in [-0.1, -0.05) is 6.07 Å². The predicted octanol–water partition coefficient (Wildman–Crippen LogP) is 2.16. The van der Waals surface area contributed by atoms with Crippen molar-refractivity contribution in [3.63, 3.8) is 0 Å². The molecule has 1 heterocycles. The van der Waals surface area contributed by atoms with E-state index in [1.165, 1.54) is 0 Å². The summed E-state index contributed by atoms with van der Waals surface area (Å²) in [5.41, 5.74) is 1.78. The van der Waals surface area contributed by atoms with Crippen LogP contribution in [0.5, 0.6) is 0 Å². The van der Waals surface area contributed by atoms with Crippen molar-refractivity contribution in [3.05, 3.63) is 36.0 Å². The number of methoxy groups -OCH3 is 1. The summed E-state index contributed by atoms with van der Waals surface area (Å²) >= 11 is 0. The summed E-state index contributed by atoms with van der Waals surface area (Å²) in [5, 5.41) is 9.98. The molecule has 0 aliphatic rings. The summed E-state index contributed by atoms with van der Waals surface area (Å²) in [4.78, 5) is 0. The molecule has 0 aliphatic carbocycles. The van der Waals surface area contributed by atoms with Crippen molar-refractivity contribution in [2.75, 3.05) is 13.7 Å². The molecule has 3 nitrogen and oxygen atoms in total. The zero-order valence-electron chi connectivity index (χ0n) is 8.60. The maximum atomic E-state index is 8.82. The van der Waals surface area contributed by atoms with E-state index in [0.29, 0.717) is 12.2 Å². The SMILES string of the molecule is COCCn1ccc2ccc(C#N)cc21. The van der Waals surface area contributed by atoms with Crippen LogP contribution in [-0.4, -0.2) is 18.3 Å². The van der Waals surface area contributed by atoms with Gasteiger partial charge in [-0.15, -0.1) is 0 Å². The first-order valence-corrected chi connectivity index (χ1v) is 4.83. The fraction of sp³-hybridized carbons (Fsp3) is 0.250. The van der Waals surface area contributed by atoms with Gasteiger partial charge in [-0.25, -0.2) is 0 Å². The lowest BCUT2D eigenvalue weighted by atomic mass is 10.2. The summed E-state index contributed by atoms with van der Waals surface area (Å²) in [6.45, 7) is 1.50. The quantitative estimate of drug-likeness (QED) is 0.761. The van der Waals surface area contributed by atoms with E-state index in [-0.39, 0.29) is 0 Å². The number of benzene rings is 1. The highest BCUT2D eigenvalue weighted by Crippen LogP contribution is 2.17. The molecule has 15 heavy (non-hydrogen) atoms. The van der Waals surface area contributed by atoms with Gasteiger partial charge in [0, 0.05) is 25.4 Å². The van der Waals surface area contributed by atoms with E-state index in [2.05, 4.69) is 10.6 Å². The summed E-state index contributed by atoms with van der Waals surface area (Å²) in [5.74, 6) is 0. The Kier molecular flexibility index (Phi) is 2.70. The van der Waals surface area contributed by atoms with Crippen LogP contribution < -0.4 is 0 Å². The van der Waals surface area contributed by atoms with Gasteiger partial charge in [0.1, 0.15) is 0 Å². The first kappa shape index (κ1) is 9.75. The van der Waals surface area contributed by atoms with E-state index in [9.17, 15) is 0 Å². The first-order chi connectivity index (χ1) is 7.35. The third-order valence-corrected chi connectivity index (χ3v) is 2.44. The lowest BCUT2D eigenvalue weighted by Gasteiger charge is -2.04. The van der Waals surface area contributed by atoms with Crippen molar-refractivity contribution >= 4 is 10.9 Å². The van der Waals surface area contributed by atoms with Crippen LogP contribution in [0.25, 0.3) is 10.9 Å². The Morgan fingerprint density at radius 2 is 2.27 bits per heavy atom. The minimum Gasteiger partial charge on any atom is -0.383 e. The van der Waals surface area contributed by atoms with Crippen molar-refractivity contribution in [3.8, 4) is 6.07 Å². The minimum absolute atomic E-state index is 0.681. The Bertz CT molecular complexity index is 508. The summed E-state index contributed by atoms with van der Waals surface area (Å²) in [7, 11) is 1.69. The normalized spacial score (nSPS) is 10.4. The average Bonchev–Trinajstić information content (AvgIpc) is 2.68. The Balaban J connectivity index is 2.43. The van der Waals surface area contributed by atoms with Crippen LogP contribution in [0.15, 0.2) is 30.5 Å². The van der Waals surface area contributed by atoms with E-state index in [1.54, 1.807) is 7.11 Å². The van der Waals surface area contributed by atoms with Gasteiger partial charge in [-0.2, -0.15) is 5.26 Å². The third-order valence-electron chi connectivity index (χ3n) is 2.44. The molecule has 0 saturated carbocycles. The second-order valence-corrected chi connectivity index (χ2v) is 3.39. The maximum Gasteiger partial charge on any atom is 0.0992 e. The second kappa shape index (κ2) is 4.16. The number of hydrogen-bond acceptors (Lipinski definition) is 2. The molecule has 0 unspecified atom stereocenters. The van der Waals surface area contributed by atoms with E-state index >= 15 is 0 Å². The number of nitriles is 1. The van der Waals surface area contributed by atoms with Crippen LogP contribution in [-0.2, 0) is 11.3 Å². The van der Waals surface area contributed by atoms with E-state index in [1.807, 2.05) is 30.5 Å². The Labute approximate surface area is 88.5 Å². The molecule has 0 spiro atoms. The highest BCUT2D eigenvalue weighted by molar-refractivity contribution is 5.81. The molecule has 0 fully saturated rings. The number of hydrogen-bond donors (Lipinski definition) is 0. The molecule has 0 atom stereocenters. The highest BCUT2D eigenvalue weighted by Gasteiger charge is 2.01. The molecule has 76 valence electrons. The van der Waals surface area contributed by atoms with Crippen LogP contribution in [0.4, 0.5) is 0 Å². The van der Waals surface area contributed by atoms with Gasteiger partial charge in [-0.3, -0.25) is 0 Å². The van der Waals surface area contributed by atoms with Gasteiger partial charge >= 0.3 is 0 Å². The third kappa shape index (κ3) is 1.85. The smallest absolute Gasteiger partial charge is 0.0992 e. The number of ether oxygens (including phenoxy) is 1. The molecular formula is C12H12N2O. The van der Waals surface area contributed by atoms with Crippen molar-refractivity contribution in [2.45, 2.75) is 6.54 Å². The Hall–Kier alpha value is -1.79. The largest absolute Gasteiger partial charge is 0.383 e. The van der Waals surface area contributed by atoms with Crippen LogP contribution in [0, 0.1) is 11.3 Å². The van der Waals surface area contributed by atoms with Gasteiger partial charge in [0.05, 0.1) is 18.2 Å². The molecule has 0 amide bonds. The first-order valence-electron chi connectivity index (χ1n) is 4.83. The molecule has 2 rings (SSSR count). The number of rotatable bonds is 3. The number of nitrogens with zero attached hydrogens (tertiary/aromatic N) is 2. The number of fused-ring (bicyclic) bond motifs is 1. The van der Waals surface area contributed by atoms with Crippen LogP contribution in [0.3, 0.4) is 0 Å². The zero-order valence-corrected chi connectivity index (χ0v) is 8.60. The minimum atomic E-state index is 0.681. The summed E-state index contributed by atoms with van der Waals surface area (Å²) in [6.07, 6.45) is 2.02. The molecule has 1 aromatic carbocycles. The topological polar surface area (TPSA) is 38.0 Å². The molecule has 1 aromatic heterocycles. The molecule has 0 radical (unpaired) electrons. The van der Waals surface area contributed by atoms with Gasteiger partial charge < -0.3 is 9.30 Å². The number of aromatic nitrogens is 1. The van der Waals surface area contributed by atoms with E-state index in [4.69, 9.17) is 10.00 Å². The van der Waals surface area contributed by atoms with E-state index in [0.717, 1.165) is 17.4 Å². The fourth-order valence-electron chi connectivity index (χ4n) is 1.64. The van der Waals surface area contributed by atoms with Crippen molar-refractivity contribution in [2.24, 2.45) is 0 Å². The van der Waals surface area contributed by atoms with Gasteiger partial charge in [0.25, 0.3) is 0 Å². The average molecular weight is 200 g/mol. The van der Waals surface area contributed by atoms with Crippen LogP contribution in [0.2, 0.25) is 0 Å². The van der Waals surface area contributed by atoms with Gasteiger partial charge in [0.2, 0.25) is 0 Å². The Morgan fingerprint density at radius 1 is 1.40 bits per heavy atom. The lowest BCUT2D eigenvalue weighted by Crippen LogP contribution is -2.02. The van der Waals surface area contributed by atoms with Crippen LogP contribution >= 0.6 is 0 Å². The maximum absolute atomic E-state index is 8.82. The summed E-state index contributed by atoms with van der Waals surface area (Å²) in [6, 6.07) is 9.91. The van der Waals surface area contributed by atoms with Crippen LogP contribution in [0.1, 0.15) is 5.56 Å².